The van der Waals surface area contributed by atoms with Crippen molar-refractivity contribution in [2.75, 3.05) is 23.9 Å². The number of nitrogens with one attached hydrogen (secondary N) is 1. The van der Waals surface area contributed by atoms with Crippen LogP contribution in [0.15, 0.2) is 23.1 Å². The highest BCUT2D eigenvalue weighted by molar-refractivity contribution is 7.90. The number of nitrogen functional groups attached to an aromatic ring is 1. The SMILES string of the molecule is CC(C)C(C)(C)CNc1ccc(S(C)(=O)=O)cc1N. The summed E-state index contributed by atoms with van der Waals surface area (Å²) in [7, 11) is -3.21. The van der Waals surface area contributed by atoms with Gasteiger partial charge in [-0.05, 0) is 29.5 Å². The Balaban J connectivity index is 2.88. The molecule has 5 heteroatoms. The average Bonchev–Trinajstić information content (AvgIpc) is 2.25. The van der Waals surface area contributed by atoms with Crippen LogP contribution in [0.3, 0.4) is 0 Å². The minimum Gasteiger partial charge on any atom is -0.397 e. The first-order valence-corrected chi connectivity index (χ1v) is 8.26. The lowest BCUT2D eigenvalue weighted by atomic mass is 9.81. The molecule has 108 valence electrons. The van der Waals surface area contributed by atoms with Crippen molar-refractivity contribution < 1.29 is 8.42 Å². The van der Waals surface area contributed by atoms with Gasteiger partial charge in [0.05, 0.1) is 16.3 Å². The van der Waals surface area contributed by atoms with Crippen molar-refractivity contribution in [2.24, 2.45) is 11.3 Å². The Morgan fingerprint density at radius 2 is 1.89 bits per heavy atom. The van der Waals surface area contributed by atoms with Crippen LogP contribution < -0.4 is 11.1 Å². The summed E-state index contributed by atoms with van der Waals surface area (Å²) in [5, 5.41) is 3.29. The summed E-state index contributed by atoms with van der Waals surface area (Å²) in [6.45, 7) is 9.51. The van der Waals surface area contributed by atoms with E-state index in [1.165, 1.54) is 12.3 Å². The summed E-state index contributed by atoms with van der Waals surface area (Å²) in [6, 6.07) is 4.80. The molecular weight excluding hydrogens is 260 g/mol. The van der Waals surface area contributed by atoms with Crippen LogP contribution in [0.25, 0.3) is 0 Å². The largest absolute Gasteiger partial charge is 0.397 e. The van der Waals surface area contributed by atoms with Crippen molar-refractivity contribution in [2.45, 2.75) is 32.6 Å². The quantitative estimate of drug-likeness (QED) is 0.816. The zero-order valence-electron chi connectivity index (χ0n) is 12.3. The van der Waals surface area contributed by atoms with Gasteiger partial charge < -0.3 is 11.1 Å². The second-order valence-electron chi connectivity index (χ2n) is 6.02. The lowest BCUT2D eigenvalue weighted by Gasteiger charge is -2.30. The van der Waals surface area contributed by atoms with Crippen LogP contribution >= 0.6 is 0 Å². The summed E-state index contributed by atoms with van der Waals surface area (Å²) in [6.07, 6.45) is 1.18. The van der Waals surface area contributed by atoms with Crippen LogP contribution in [0, 0.1) is 11.3 Å². The first-order chi connectivity index (χ1) is 8.54. The molecule has 0 amide bonds. The van der Waals surface area contributed by atoms with Gasteiger partial charge in [-0.15, -0.1) is 0 Å². The molecule has 19 heavy (non-hydrogen) atoms. The highest BCUT2D eigenvalue weighted by atomic mass is 32.2. The maximum Gasteiger partial charge on any atom is 0.175 e. The third kappa shape index (κ3) is 4.13. The Hall–Kier alpha value is -1.23. The van der Waals surface area contributed by atoms with E-state index in [1.54, 1.807) is 12.1 Å². The zero-order valence-corrected chi connectivity index (χ0v) is 13.1. The van der Waals surface area contributed by atoms with Gasteiger partial charge in [0.2, 0.25) is 0 Å². The molecule has 0 heterocycles. The van der Waals surface area contributed by atoms with Crippen LogP contribution in [-0.4, -0.2) is 21.2 Å². The molecule has 1 aromatic carbocycles. The van der Waals surface area contributed by atoms with Crippen molar-refractivity contribution in [3.63, 3.8) is 0 Å². The number of rotatable bonds is 5. The summed E-state index contributed by atoms with van der Waals surface area (Å²) < 4.78 is 22.9. The number of hydrogen-bond donors (Lipinski definition) is 2. The Kier molecular flexibility index (Phi) is 4.50. The van der Waals surface area contributed by atoms with E-state index in [4.69, 9.17) is 5.73 Å². The first kappa shape index (κ1) is 15.8. The van der Waals surface area contributed by atoms with E-state index >= 15 is 0 Å². The third-order valence-electron chi connectivity index (χ3n) is 3.75. The highest BCUT2D eigenvalue weighted by Gasteiger charge is 2.22. The molecule has 0 fully saturated rings. The molecule has 3 N–H and O–H groups in total. The van der Waals surface area contributed by atoms with Crippen LogP contribution in [0.4, 0.5) is 11.4 Å². The fourth-order valence-corrected chi connectivity index (χ4v) is 2.12. The van der Waals surface area contributed by atoms with Gasteiger partial charge in [-0.2, -0.15) is 0 Å². The lowest BCUT2D eigenvalue weighted by molar-refractivity contribution is 0.270. The number of nitrogens with two attached hydrogens (primary N) is 1. The molecule has 0 aromatic heterocycles. The number of hydrogen-bond acceptors (Lipinski definition) is 4. The predicted octanol–water partition coefficient (Wildman–Crippen LogP) is 2.77. The summed E-state index contributed by atoms with van der Waals surface area (Å²) in [4.78, 5) is 0.249. The summed E-state index contributed by atoms with van der Waals surface area (Å²) in [5.74, 6) is 0.538. The smallest absolute Gasteiger partial charge is 0.175 e. The second-order valence-corrected chi connectivity index (χ2v) is 8.03. The van der Waals surface area contributed by atoms with Gasteiger partial charge in [-0.25, -0.2) is 8.42 Å². The van der Waals surface area contributed by atoms with Gasteiger partial charge >= 0.3 is 0 Å². The van der Waals surface area contributed by atoms with Crippen molar-refractivity contribution in [3.8, 4) is 0 Å². The van der Waals surface area contributed by atoms with E-state index < -0.39 is 9.84 Å². The molecule has 0 aliphatic heterocycles. The van der Waals surface area contributed by atoms with E-state index in [0.29, 0.717) is 11.6 Å². The fourth-order valence-electron chi connectivity index (χ4n) is 1.46. The molecule has 0 spiro atoms. The van der Waals surface area contributed by atoms with E-state index in [9.17, 15) is 8.42 Å². The topological polar surface area (TPSA) is 72.2 Å². The van der Waals surface area contributed by atoms with Crippen LogP contribution in [0.5, 0.6) is 0 Å². The maximum absolute atomic E-state index is 11.4. The minimum absolute atomic E-state index is 0.141. The molecule has 0 atom stereocenters. The van der Waals surface area contributed by atoms with Gasteiger partial charge in [0.15, 0.2) is 9.84 Å². The molecular formula is C14H24N2O2S. The van der Waals surface area contributed by atoms with Gasteiger partial charge in [0.1, 0.15) is 0 Å². The minimum atomic E-state index is -3.21. The van der Waals surface area contributed by atoms with Crippen molar-refractivity contribution in [3.05, 3.63) is 18.2 Å². The Labute approximate surface area is 116 Å². The standard InChI is InChI=1S/C14H24N2O2S/c1-10(2)14(3,4)9-16-13-7-6-11(8-12(13)15)19(5,17)18/h6-8,10,16H,9,15H2,1-5H3. The van der Waals surface area contributed by atoms with Gasteiger partial charge in [-0.1, -0.05) is 27.7 Å². The van der Waals surface area contributed by atoms with Gasteiger partial charge in [0, 0.05) is 12.8 Å². The molecule has 0 radical (unpaired) electrons. The molecule has 0 aliphatic rings. The van der Waals surface area contributed by atoms with Crippen LogP contribution in [-0.2, 0) is 9.84 Å². The molecule has 0 saturated carbocycles. The molecule has 1 rings (SSSR count). The third-order valence-corrected chi connectivity index (χ3v) is 4.86. The second kappa shape index (κ2) is 5.41. The summed E-state index contributed by atoms with van der Waals surface area (Å²) >= 11 is 0. The maximum atomic E-state index is 11.4. The zero-order chi connectivity index (χ0) is 14.8. The van der Waals surface area contributed by atoms with Crippen molar-refractivity contribution in [1.29, 1.82) is 0 Å². The van der Waals surface area contributed by atoms with Gasteiger partial charge in [-0.3, -0.25) is 0 Å². The molecule has 0 saturated heterocycles. The molecule has 1 aromatic rings. The van der Waals surface area contributed by atoms with Crippen LogP contribution in [0.1, 0.15) is 27.7 Å². The Bertz CT molecular complexity index is 549. The number of anilines is 2. The predicted molar refractivity (Wildman–Crippen MR) is 81.1 cm³/mol. The Morgan fingerprint density at radius 1 is 1.32 bits per heavy atom. The number of sulfone groups is 1. The fraction of sp³-hybridized carbons (Fsp3) is 0.571. The van der Waals surface area contributed by atoms with E-state index in [0.717, 1.165) is 12.2 Å². The normalized spacial score (nSPS) is 12.7. The van der Waals surface area contributed by atoms with Crippen molar-refractivity contribution in [1.82, 2.24) is 0 Å². The van der Waals surface area contributed by atoms with Crippen LogP contribution in [0.2, 0.25) is 0 Å². The Morgan fingerprint density at radius 3 is 2.32 bits per heavy atom. The molecule has 0 bridgehead atoms. The molecule has 0 unspecified atom stereocenters. The first-order valence-electron chi connectivity index (χ1n) is 6.37. The van der Waals surface area contributed by atoms with Crippen molar-refractivity contribution >= 4 is 21.2 Å². The highest BCUT2D eigenvalue weighted by Crippen LogP contribution is 2.28. The van der Waals surface area contributed by atoms with Gasteiger partial charge in [0.25, 0.3) is 0 Å². The van der Waals surface area contributed by atoms with E-state index in [1.807, 2.05) is 0 Å². The molecule has 0 aliphatic carbocycles. The van der Waals surface area contributed by atoms with E-state index in [2.05, 4.69) is 33.0 Å². The monoisotopic (exact) mass is 284 g/mol. The molecule has 4 nitrogen and oxygen atoms in total. The average molecular weight is 284 g/mol. The van der Waals surface area contributed by atoms with E-state index in [-0.39, 0.29) is 10.3 Å². The summed E-state index contributed by atoms with van der Waals surface area (Å²) in [5.41, 5.74) is 7.28. The lowest BCUT2D eigenvalue weighted by Crippen LogP contribution is -2.28. The number of benzene rings is 1.